The SMILES string of the molecule is Cc1n[nH]c(C)c1NS(=O)(=O)c1[nH]ncc1CNC(C)C. The second kappa shape index (κ2) is 5.86. The number of aryl methyl sites for hydroxylation is 2. The molecule has 0 aliphatic carbocycles. The molecule has 0 fully saturated rings. The molecule has 0 radical (unpaired) electrons. The number of sulfonamides is 1. The second-order valence-corrected chi connectivity index (χ2v) is 6.79. The molecule has 9 heteroatoms. The molecule has 0 unspecified atom stereocenters. The molecule has 0 aromatic carbocycles. The summed E-state index contributed by atoms with van der Waals surface area (Å²) in [6.45, 7) is 7.89. The summed E-state index contributed by atoms with van der Waals surface area (Å²) < 4.78 is 27.5. The van der Waals surface area contributed by atoms with E-state index in [0.717, 1.165) is 0 Å². The summed E-state index contributed by atoms with van der Waals surface area (Å²) in [6, 6.07) is 0.252. The van der Waals surface area contributed by atoms with Crippen molar-refractivity contribution in [2.75, 3.05) is 4.72 Å². The predicted octanol–water partition coefficient (Wildman–Crippen LogP) is 1.05. The van der Waals surface area contributed by atoms with Gasteiger partial charge >= 0.3 is 0 Å². The van der Waals surface area contributed by atoms with Crippen LogP contribution in [0.2, 0.25) is 0 Å². The van der Waals surface area contributed by atoms with Gasteiger partial charge in [-0.05, 0) is 13.8 Å². The first-order chi connectivity index (χ1) is 9.81. The van der Waals surface area contributed by atoms with E-state index in [0.29, 0.717) is 29.2 Å². The largest absolute Gasteiger partial charge is 0.310 e. The van der Waals surface area contributed by atoms with Crippen LogP contribution in [0.1, 0.15) is 30.8 Å². The third-order valence-corrected chi connectivity index (χ3v) is 4.38. The van der Waals surface area contributed by atoms with Gasteiger partial charge in [0.2, 0.25) is 0 Å². The van der Waals surface area contributed by atoms with E-state index >= 15 is 0 Å². The Morgan fingerprint density at radius 3 is 2.57 bits per heavy atom. The molecule has 0 aliphatic heterocycles. The number of aromatic amines is 2. The van der Waals surface area contributed by atoms with Crippen molar-refractivity contribution in [3.05, 3.63) is 23.1 Å². The summed E-state index contributed by atoms with van der Waals surface area (Å²) in [5, 5.41) is 16.3. The average Bonchev–Trinajstić information content (AvgIpc) is 2.98. The van der Waals surface area contributed by atoms with Gasteiger partial charge < -0.3 is 5.32 Å². The van der Waals surface area contributed by atoms with Crippen molar-refractivity contribution in [2.24, 2.45) is 0 Å². The van der Waals surface area contributed by atoms with Crippen LogP contribution < -0.4 is 10.0 Å². The van der Waals surface area contributed by atoms with E-state index in [4.69, 9.17) is 0 Å². The first-order valence-electron chi connectivity index (χ1n) is 6.61. The van der Waals surface area contributed by atoms with E-state index in [-0.39, 0.29) is 11.1 Å². The van der Waals surface area contributed by atoms with Crippen LogP contribution in [-0.2, 0) is 16.6 Å². The van der Waals surface area contributed by atoms with Crippen molar-refractivity contribution >= 4 is 15.7 Å². The lowest BCUT2D eigenvalue weighted by Gasteiger charge is -2.10. The Labute approximate surface area is 123 Å². The van der Waals surface area contributed by atoms with Crippen LogP contribution in [0.5, 0.6) is 0 Å². The van der Waals surface area contributed by atoms with Crippen LogP contribution in [0.4, 0.5) is 5.69 Å². The number of hydrogen-bond acceptors (Lipinski definition) is 5. The van der Waals surface area contributed by atoms with Crippen LogP contribution in [-0.4, -0.2) is 34.9 Å². The molecule has 0 saturated carbocycles. The van der Waals surface area contributed by atoms with Gasteiger partial charge in [-0.3, -0.25) is 14.9 Å². The smallest absolute Gasteiger partial charge is 0.279 e. The molecule has 21 heavy (non-hydrogen) atoms. The van der Waals surface area contributed by atoms with E-state index in [2.05, 4.69) is 30.4 Å². The minimum Gasteiger partial charge on any atom is -0.310 e. The summed E-state index contributed by atoms with van der Waals surface area (Å²) in [5.41, 5.74) is 2.32. The van der Waals surface area contributed by atoms with E-state index in [1.54, 1.807) is 13.8 Å². The van der Waals surface area contributed by atoms with Crippen molar-refractivity contribution in [2.45, 2.75) is 45.3 Å². The molecule has 0 aliphatic rings. The summed E-state index contributed by atoms with van der Waals surface area (Å²) in [5.74, 6) is 0. The first kappa shape index (κ1) is 15.5. The van der Waals surface area contributed by atoms with Crippen LogP contribution in [0.3, 0.4) is 0 Å². The minimum absolute atomic E-state index is 0.0654. The highest BCUT2D eigenvalue weighted by Gasteiger charge is 2.23. The lowest BCUT2D eigenvalue weighted by molar-refractivity contribution is 0.574. The first-order valence-corrected chi connectivity index (χ1v) is 8.09. The third kappa shape index (κ3) is 3.42. The zero-order chi connectivity index (χ0) is 15.6. The summed E-state index contributed by atoms with van der Waals surface area (Å²) >= 11 is 0. The summed E-state index contributed by atoms with van der Waals surface area (Å²) in [4.78, 5) is 0. The highest BCUT2D eigenvalue weighted by molar-refractivity contribution is 7.92. The maximum absolute atomic E-state index is 12.5. The molecule has 0 amide bonds. The van der Waals surface area contributed by atoms with E-state index in [1.165, 1.54) is 6.20 Å². The Morgan fingerprint density at radius 1 is 1.29 bits per heavy atom. The number of H-pyrrole nitrogens is 2. The number of rotatable bonds is 6. The fourth-order valence-corrected chi connectivity index (χ4v) is 3.17. The Balaban J connectivity index is 2.26. The highest BCUT2D eigenvalue weighted by atomic mass is 32.2. The maximum atomic E-state index is 12.5. The number of anilines is 1. The Bertz CT molecular complexity index is 696. The van der Waals surface area contributed by atoms with Crippen LogP contribution in [0, 0.1) is 13.8 Å². The number of aromatic nitrogens is 4. The van der Waals surface area contributed by atoms with Gasteiger partial charge in [-0.2, -0.15) is 18.6 Å². The second-order valence-electron chi connectivity index (χ2n) is 5.17. The van der Waals surface area contributed by atoms with E-state index in [1.807, 2.05) is 13.8 Å². The van der Waals surface area contributed by atoms with Crippen molar-refractivity contribution in [1.82, 2.24) is 25.7 Å². The van der Waals surface area contributed by atoms with E-state index in [9.17, 15) is 8.42 Å². The van der Waals surface area contributed by atoms with Gasteiger partial charge in [0.1, 0.15) is 0 Å². The zero-order valence-corrected chi connectivity index (χ0v) is 13.3. The lowest BCUT2D eigenvalue weighted by atomic mass is 10.3. The Hall–Kier alpha value is -1.87. The zero-order valence-electron chi connectivity index (χ0n) is 12.5. The highest BCUT2D eigenvalue weighted by Crippen LogP contribution is 2.21. The van der Waals surface area contributed by atoms with Crippen molar-refractivity contribution < 1.29 is 8.42 Å². The van der Waals surface area contributed by atoms with Crippen LogP contribution in [0.15, 0.2) is 11.2 Å². The Morgan fingerprint density at radius 2 is 2.00 bits per heavy atom. The monoisotopic (exact) mass is 312 g/mol. The molecular weight excluding hydrogens is 292 g/mol. The molecule has 0 atom stereocenters. The number of hydrogen-bond donors (Lipinski definition) is 4. The lowest BCUT2D eigenvalue weighted by Crippen LogP contribution is -2.23. The predicted molar refractivity (Wildman–Crippen MR) is 79.4 cm³/mol. The number of nitrogens with zero attached hydrogens (tertiary/aromatic N) is 2. The molecule has 116 valence electrons. The minimum atomic E-state index is -3.73. The van der Waals surface area contributed by atoms with Crippen molar-refractivity contribution in [3.8, 4) is 0 Å². The molecular formula is C12H20N6O2S. The van der Waals surface area contributed by atoms with Crippen molar-refractivity contribution in [1.29, 1.82) is 0 Å². The topological polar surface area (TPSA) is 116 Å². The quantitative estimate of drug-likeness (QED) is 0.636. The van der Waals surface area contributed by atoms with E-state index < -0.39 is 10.0 Å². The van der Waals surface area contributed by atoms with Crippen LogP contribution >= 0.6 is 0 Å². The molecule has 2 aromatic rings. The Kier molecular flexibility index (Phi) is 4.33. The molecule has 0 saturated heterocycles. The van der Waals surface area contributed by atoms with Gasteiger partial charge in [0, 0.05) is 18.2 Å². The van der Waals surface area contributed by atoms with Gasteiger partial charge in [-0.1, -0.05) is 13.8 Å². The molecule has 8 nitrogen and oxygen atoms in total. The average molecular weight is 312 g/mol. The van der Waals surface area contributed by atoms with Crippen LogP contribution in [0.25, 0.3) is 0 Å². The fraction of sp³-hybridized carbons (Fsp3) is 0.500. The normalized spacial score (nSPS) is 12.0. The molecule has 2 aromatic heterocycles. The fourth-order valence-electron chi connectivity index (χ4n) is 1.86. The van der Waals surface area contributed by atoms with Gasteiger partial charge in [0.15, 0.2) is 5.03 Å². The summed E-state index contributed by atoms with van der Waals surface area (Å²) in [6.07, 6.45) is 1.51. The maximum Gasteiger partial charge on any atom is 0.279 e. The molecule has 0 bridgehead atoms. The molecule has 2 rings (SSSR count). The molecule has 2 heterocycles. The van der Waals surface area contributed by atoms with Crippen molar-refractivity contribution in [3.63, 3.8) is 0 Å². The van der Waals surface area contributed by atoms with Gasteiger partial charge in [-0.25, -0.2) is 0 Å². The third-order valence-electron chi connectivity index (χ3n) is 3.01. The molecule has 0 spiro atoms. The van der Waals surface area contributed by atoms with Gasteiger partial charge in [-0.15, -0.1) is 0 Å². The number of nitrogens with one attached hydrogen (secondary N) is 4. The van der Waals surface area contributed by atoms with Gasteiger partial charge in [0.05, 0.1) is 23.3 Å². The molecule has 4 N–H and O–H groups in total. The van der Waals surface area contributed by atoms with Gasteiger partial charge in [0.25, 0.3) is 10.0 Å². The summed E-state index contributed by atoms with van der Waals surface area (Å²) in [7, 11) is -3.73. The standard InChI is InChI=1S/C12H20N6O2S/c1-7(2)13-5-10-6-14-17-12(10)21(19,20)18-11-8(3)15-16-9(11)4/h6-7,13,18H,5H2,1-4H3,(H,14,17)(H,15,16).